The summed E-state index contributed by atoms with van der Waals surface area (Å²) >= 11 is 1.50. The Morgan fingerprint density at radius 2 is 2.50 bits per heavy atom. The monoisotopic (exact) mass is 208 g/mol. The molecule has 0 radical (unpaired) electrons. The first kappa shape index (κ1) is 8.96. The molecule has 2 aromatic heterocycles. The SMILES string of the molecule is O=C(O)c1cccn1Cc1cscn1. The molecule has 0 fully saturated rings. The molecule has 0 aliphatic carbocycles. The fraction of sp³-hybridized carbons (Fsp3) is 0.111. The first-order valence-electron chi connectivity index (χ1n) is 4.03. The lowest BCUT2D eigenvalue weighted by atomic mass is 10.4. The van der Waals surface area contributed by atoms with E-state index in [0.717, 1.165) is 5.69 Å². The third-order valence-corrected chi connectivity index (χ3v) is 2.50. The molecule has 2 aromatic rings. The molecule has 0 spiro atoms. The van der Waals surface area contributed by atoms with E-state index in [1.807, 2.05) is 5.38 Å². The van der Waals surface area contributed by atoms with E-state index in [4.69, 9.17) is 5.11 Å². The van der Waals surface area contributed by atoms with E-state index in [0.29, 0.717) is 6.54 Å². The van der Waals surface area contributed by atoms with Gasteiger partial charge in [-0.15, -0.1) is 11.3 Å². The molecular formula is C9H8N2O2S. The maximum Gasteiger partial charge on any atom is 0.352 e. The van der Waals surface area contributed by atoms with Crippen molar-refractivity contribution in [3.05, 3.63) is 40.6 Å². The number of aromatic nitrogens is 2. The number of rotatable bonds is 3. The molecule has 1 N–H and O–H groups in total. The Hall–Kier alpha value is -1.62. The zero-order valence-electron chi connectivity index (χ0n) is 7.25. The molecule has 14 heavy (non-hydrogen) atoms. The van der Waals surface area contributed by atoms with E-state index < -0.39 is 5.97 Å². The van der Waals surface area contributed by atoms with Gasteiger partial charge in [-0.25, -0.2) is 9.78 Å². The van der Waals surface area contributed by atoms with Crippen LogP contribution in [0.3, 0.4) is 0 Å². The Bertz CT molecular complexity index is 433. The molecule has 0 aliphatic heterocycles. The highest BCUT2D eigenvalue weighted by atomic mass is 32.1. The van der Waals surface area contributed by atoms with Gasteiger partial charge in [-0.1, -0.05) is 0 Å². The highest BCUT2D eigenvalue weighted by Crippen LogP contribution is 2.08. The molecule has 4 nitrogen and oxygen atoms in total. The lowest BCUT2D eigenvalue weighted by Crippen LogP contribution is -2.08. The van der Waals surface area contributed by atoms with Gasteiger partial charge in [0.1, 0.15) is 5.69 Å². The third kappa shape index (κ3) is 1.67. The van der Waals surface area contributed by atoms with E-state index in [1.165, 1.54) is 11.3 Å². The fourth-order valence-electron chi connectivity index (χ4n) is 1.24. The van der Waals surface area contributed by atoms with E-state index in [9.17, 15) is 4.79 Å². The lowest BCUT2D eigenvalue weighted by molar-refractivity contribution is 0.0685. The number of carbonyl (C=O) groups is 1. The summed E-state index contributed by atoms with van der Waals surface area (Å²) in [5.74, 6) is -0.912. The average molecular weight is 208 g/mol. The van der Waals surface area contributed by atoms with Crippen LogP contribution in [0.2, 0.25) is 0 Å². The van der Waals surface area contributed by atoms with Crippen LogP contribution in [0.4, 0.5) is 0 Å². The van der Waals surface area contributed by atoms with Crippen LogP contribution < -0.4 is 0 Å². The van der Waals surface area contributed by atoms with Crippen molar-refractivity contribution >= 4 is 17.3 Å². The normalized spacial score (nSPS) is 10.3. The number of carboxylic acids is 1. The summed E-state index contributed by atoms with van der Waals surface area (Å²) in [5.41, 5.74) is 2.91. The van der Waals surface area contributed by atoms with Gasteiger partial charge in [0.25, 0.3) is 0 Å². The van der Waals surface area contributed by atoms with Crippen molar-refractivity contribution in [1.82, 2.24) is 9.55 Å². The largest absolute Gasteiger partial charge is 0.477 e. The van der Waals surface area contributed by atoms with Crippen LogP contribution in [0.1, 0.15) is 16.2 Å². The Morgan fingerprint density at radius 1 is 1.64 bits per heavy atom. The Balaban J connectivity index is 2.25. The average Bonchev–Trinajstić information content (AvgIpc) is 2.75. The van der Waals surface area contributed by atoms with Crippen LogP contribution in [-0.4, -0.2) is 20.6 Å². The molecule has 0 aromatic carbocycles. The van der Waals surface area contributed by atoms with Gasteiger partial charge in [0, 0.05) is 11.6 Å². The number of aromatic carboxylic acids is 1. The van der Waals surface area contributed by atoms with Crippen LogP contribution in [0, 0.1) is 0 Å². The van der Waals surface area contributed by atoms with Gasteiger partial charge >= 0.3 is 5.97 Å². The van der Waals surface area contributed by atoms with Gasteiger partial charge in [-0.2, -0.15) is 0 Å². The van der Waals surface area contributed by atoms with Crippen LogP contribution in [-0.2, 0) is 6.54 Å². The summed E-state index contributed by atoms with van der Waals surface area (Å²) < 4.78 is 1.66. The highest BCUT2D eigenvalue weighted by Gasteiger charge is 2.08. The molecule has 0 atom stereocenters. The van der Waals surface area contributed by atoms with Gasteiger partial charge in [0.2, 0.25) is 0 Å². The molecule has 2 heterocycles. The second-order valence-electron chi connectivity index (χ2n) is 2.81. The molecular weight excluding hydrogens is 200 g/mol. The topological polar surface area (TPSA) is 55.1 Å². The highest BCUT2D eigenvalue weighted by molar-refractivity contribution is 7.07. The molecule has 0 unspecified atom stereocenters. The standard InChI is InChI=1S/C9H8N2O2S/c12-9(13)8-2-1-3-11(8)4-7-5-14-6-10-7/h1-3,5-6H,4H2,(H,12,13). The smallest absolute Gasteiger partial charge is 0.352 e. The van der Waals surface area contributed by atoms with Gasteiger partial charge in [0.15, 0.2) is 0 Å². The number of hydrogen-bond acceptors (Lipinski definition) is 3. The summed E-state index contributed by atoms with van der Waals surface area (Å²) in [7, 11) is 0. The van der Waals surface area contributed by atoms with E-state index in [2.05, 4.69) is 4.98 Å². The first-order valence-corrected chi connectivity index (χ1v) is 4.97. The Labute approximate surface area is 84.5 Å². The van der Waals surface area contributed by atoms with Crippen molar-refractivity contribution < 1.29 is 9.90 Å². The predicted molar refractivity (Wildman–Crippen MR) is 52.6 cm³/mol. The summed E-state index contributed by atoms with van der Waals surface area (Å²) in [5, 5.41) is 10.8. The van der Waals surface area contributed by atoms with Crippen molar-refractivity contribution in [2.75, 3.05) is 0 Å². The van der Waals surface area contributed by atoms with Gasteiger partial charge in [0.05, 0.1) is 17.7 Å². The summed E-state index contributed by atoms with van der Waals surface area (Å²) in [6, 6.07) is 3.30. The summed E-state index contributed by atoms with van der Waals surface area (Å²) in [6.45, 7) is 0.512. The minimum absolute atomic E-state index is 0.290. The number of thiazole rings is 1. The molecule has 0 bridgehead atoms. The Kier molecular flexibility index (Phi) is 2.32. The molecule has 72 valence electrons. The van der Waals surface area contributed by atoms with Crippen LogP contribution in [0.15, 0.2) is 29.2 Å². The quantitative estimate of drug-likeness (QED) is 0.835. The van der Waals surface area contributed by atoms with Crippen molar-refractivity contribution in [1.29, 1.82) is 0 Å². The number of carboxylic acid groups (broad SMARTS) is 1. The van der Waals surface area contributed by atoms with Crippen molar-refractivity contribution in [3.63, 3.8) is 0 Å². The van der Waals surface area contributed by atoms with E-state index in [-0.39, 0.29) is 5.69 Å². The van der Waals surface area contributed by atoms with Crippen molar-refractivity contribution in [3.8, 4) is 0 Å². The second kappa shape index (κ2) is 3.63. The molecule has 0 saturated carbocycles. The first-order chi connectivity index (χ1) is 6.77. The molecule has 0 aliphatic rings. The van der Waals surface area contributed by atoms with Crippen molar-refractivity contribution in [2.24, 2.45) is 0 Å². The molecule has 2 rings (SSSR count). The fourth-order valence-corrected chi connectivity index (χ4v) is 1.79. The van der Waals surface area contributed by atoms with Gasteiger partial charge in [-0.05, 0) is 12.1 Å². The second-order valence-corrected chi connectivity index (χ2v) is 3.52. The number of hydrogen-bond donors (Lipinski definition) is 1. The third-order valence-electron chi connectivity index (χ3n) is 1.86. The zero-order chi connectivity index (χ0) is 9.97. The maximum absolute atomic E-state index is 10.8. The minimum atomic E-state index is -0.912. The van der Waals surface area contributed by atoms with E-state index in [1.54, 1.807) is 28.4 Å². The van der Waals surface area contributed by atoms with Crippen LogP contribution in [0.25, 0.3) is 0 Å². The van der Waals surface area contributed by atoms with Crippen LogP contribution in [0.5, 0.6) is 0 Å². The van der Waals surface area contributed by atoms with Crippen molar-refractivity contribution in [2.45, 2.75) is 6.54 Å². The number of nitrogens with zero attached hydrogens (tertiary/aromatic N) is 2. The molecule has 5 heteroatoms. The zero-order valence-corrected chi connectivity index (χ0v) is 8.07. The van der Waals surface area contributed by atoms with E-state index >= 15 is 0 Å². The predicted octanol–water partition coefficient (Wildman–Crippen LogP) is 1.69. The Morgan fingerprint density at radius 3 is 3.14 bits per heavy atom. The lowest BCUT2D eigenvalue weighted by Gasteiger charge is -2.02. The summed E-state index contributed by atoms with van der Waals surface area (Å²) in [6.07, 6.45) is 1.74. The van der Waals surface area contributed by atoms with Gasteiger partial charge < -0.3 is 9.67 Å². The van der Waals surface area contributed by atoms with Gasteiger partial charge in [-0.3, -0.25) is 0 Å². The maximum atomic E-state index is 10.8. The summed E-state index contributed by atoms with van der Waals surface area (Å²) in [4.78, 5) is 14.9. The molecule has 0 saturated heterocycles. The van der Waals surface area contributed by atoms with Crippen LogP contribution >= 0.6 is 11.3 Å². The molecule has 0 amide bonds. The minimum Gasteiger partial charge on any atom is -0.477 e.